The van der Waals surface area contributed by atoms with E-state index in [0.29, 0.717) is 0 Å². The second-order valence-corrected chi connectivity index (χ2v) is 5.11. The normalized spacial score (nSPS) is 13.5. The highest BCUT2D eigenvalue weighted by molar-refractivity contribution is 6.43. The molecule has 0 aromatic heterocycles. The molecule has 1 aromatic carbocycles. The average Bonchev–Trinajstić information content (AvgIpc) is 2.07. The molecule has 11 heavy (non-hydrogen) atoms. The zero-order valence-electron chi connectivity index (χ0n) is 6.96. The molecule has 0 amide bonds. The Balaban J connectivity index is 2.68. The van der Waals surface area contributed by atoms with Gasteiger partial charge in [-0.1, -0.05) is 37.3 Å². The maximum atomic E-state index is 3.79. The first-order chi connectivity index (χ1) is 5.34. The van der Waals surface area contributed by atoms with Crippen LogP contribution in [0.3, 0.4) is 0 Å². The Bertz CT molecular complexity index is 216. The van der Waals surface area contributed by atoms with Crippen molar-refractivity contribution >= 4 is 9.52 Å². The highest BCUT2D eigenvalue weighted by Gasteiger charge is 2.00. The van der Waals surface area contributed by atoms with Crippen LogP contribution in [0.5, 0.6) is 0 Å². The molecule has 0 N–H and O–H groups in total. The van der Waals surface area contributed by atoms with E-state index in [-0.39, 0.29) is 9.52 Å². The van der Waals surface area contributed by atoms with E-state index in [1.54, 1.807) is 0 Å². The van der Waals surface area contributed by atoms with Gasteiger partial charge in [0.25, 0.3) is 0 Å². The molecule has 1 heteroatoms. The first-order valence-corrected chi connectivity index (χ1v) is 5.63. The predicted octanol–water partition coefficient (Wildman–Crippen LogP) is 2.06. The third kappa shape index (κ3) is 2.35. The van der Waals surface area contributed by atoms with Gasteiger partial charge >= 0.3 is 0 Å². The molecule has 0 heterocycles. The standard InChI is InChI=1S/C10H14Si/c1-3-11-9(2)10-7-5-4-6-8-10/h3-9H,1,11H2,2H3. The lowest BCUT2D eigenvalue weighted by Gasteiger charge is -2.06. The van der Waals surface area contributed by atoms with Crippen molar-refractivity contribution in [2.24, 2.45) is 0 Å². The van der Waals surface area contributed by atoms with Gasteiger partial charge in [-0.2, -0.15) is 0 Å². The fourth-order valence-electron chi connectivity index (χ4n) is 1.17. The van der Waals surface area contributed by atoms with Gasteiger partial charge in [0.05, 0.1) is 9.52 Å². The smallest absolute Gasteiger partial charge is 0.0521 e. The minimum atomic E-state index is -0.0883. The Morgan fingerprint density at radius 1 is 1.36 bits per heavy atom. The van der Waals surface area contributed by atoms with Gasteiger partial charge in [-0.3, -0.25) is 0 Å². The van der Waals surface area contributed by atoms with Gasteiger partial charge in [-0.25, -0.2) is 0 Å². The van der Waals surface area contributed by atoms with Gasteiger partial charge in [0.1, 0.15) is 0 Å². The summed E-state index contributed by atoms with van der Waals surface area (Å²) in [4.78, 5) is 0. The van der Waals surface area contributed by atoms with E-state index in [1.807, 2.05) is 0 Å². The van der Waals surface area contributed by atoms with Crippen LogP contribution in [0.1, 0.15) is 18.0 Å². The van der Waals surface area contributed by atoms with Crippen LogP contribution < -0.4 is 0 Å². The molecule has 0 saturated carbocycles. The van der Waals surface area contributed by atoms with E-state index in [0.717, 1.165) is 5.54 Å². The van der Waals surface area contributed by atoms with Gasteiger partial charge in [-0.05, 0) is 11.1 Å². The van der Waals surface area contributed by atoms with Crippen molar-refractivity contribution in [1.29, 1.82) is 0 Å². The minimum absolute atomic E-state index is 0.0883. The van der Waals surface area contributed by atoms with E-state index in [4.69, 9.17) is 0 Å². The molecule has 0 radical (unpaired) electrons. The molecule has 0 fully saturated rings. The van der Waals surface area contributed by atoms with Crippen LogP contribution in [-0.4, -0.2) is 9.52 Å². The Kier molecular flexibility index (Phi) is 3.11. The van der Waals surface area contributed by atoms with E-state index in [1.165, 1.54) is 5.56 Å². The highest BCUT2D eigenvalue weighted by Crippen LogP contribution is 2.12. The lowest BCUT2D eigenvalue weighted by molar-refractivity contribution is 1.07. The quantitative estimate of drug-likeness (QED) is 0.597. The first kappa shape index (κ1) is 8.28. The zero-order valence-corrected chi connectivity index (χ0v) is 8.37. The molecule has 0 aliphatic heterocycles. The predicted molar refractivity (Wildman–Crippen MR) is 53.6 cm³/mol. The van der Waals surface area contributed by atoms with Gasteiger partial charge in [-0.15, -0.1) is 12.3 Å². The van der Waals surface area contributed by atoms with E-state index < -0.39 is 0 Å². The monoisotopic (exact) mass is 162 g/mol. The second kappa shape index (κ2) is 4.14. The van der Waals surface area contributed by atoms with E-state index in [9.17, 15) is 0 Å². The maximum Gasteiger partial charge on any atom is 0.0521 e. The summed E-state index contributed by atoms with van der Waals surface area (Å²) in [6.45, 7) is 6.07. The summed E-state index contributed by atoms with van der Waals surface area (Å²) in [6.07, 6.45) is 0. The summed E-state index contributed by atoms with van der Waals surface area (Å²) in [7, 11) is -0.0883. The van der Waals surface area contributed by atoms with Gasteiger partial charge in [0.2, 0.25) is 0 Å². The highest BCUT2D eigenvalue weighted by atomic mass is 28.2. The van der Waals surface area contributed by atoms with Crippen molar-refractivity contribution in [2.45, 2.75) is 12.5 Å². The van der Waals surface area contributed by atoms with Crippen LogP contribution in [0, 0.1) is 0 Å². The zero-order chi connectivity index (χ0) is 8.10. The number of benzene rings is 1. The van der Waals surface area contributed by atoms with Gasteiger partial charge < -0.3 is 0 Å². The number of hydrogen-bond acceptors (Lipinski definition) is 0. The first-order valence-electron chi connectivity index (χ1n) is 4.00. The molecule has 1 unspecified atom stereocenters. The SMILES string of the molecule is C=C[SiH2]C(C)c1ccccc1. The molecule has 1 aromatic rings. The molecule has 0 spiro atoms. The summed E-state index contributed by atoms with van der Waals surface area (Å²) >= 11 is 0. The van der Waals surface area contributed by atoms with Crippen molar-refractivity contribution in [1.82, 2.24) is 0 Å². The van der Waals surface area contributed by atoms with Crippen molar-refractivity contribution in [2.75, 3.05) is 0 Å². The Morgan fingerprint density at radius 3 is 2.55 bits per heavy atom. The van der Waals surface area contributed by atoms with Crippen molar-refractivity contribution in [3.05, 3.63) is 48.2 Å². The summed E-state index contributed by atoms with van der Waals surface area (Å²) in [5.74, 6) is 0. The minimum Gasteiger partial charge on any atom is -0.108 e. The van der Waals surface area contributed by atoms with E-state index >= 15 is 0 Å². The summed E-state index contributed by atoms with van der Waals surface area (Å²) in [5, 5.41) is 0. The van der Waals surface area contributed by atoms with Gasteiger partial charge in [0, 0.05) is 0 Å². The lowest BCUT2D eigenvalue weighted by atomic mass is 10.2. The molecule has 0 saturated heterocycles. The third-order valence-corrected chi connectivity index (χ3v) is 3.40. The fourth-order valence-corrected chi connectivity index (χ4v) is 2.21. The lowest BCUT2D eigenvalue weighted by Crippen LogP contribution is -2.00. The molecule has 1 atom stereocenters. The van der Waals surface area contributed by atoms with Gasteiger partial charge in [0.15, 0.2) is 0 Å². The molecule has 0 nitrogen and oxygen atoms in total. The molecule has 0 aliphatic rings. The average molecular weight is 162 g/mol. The van der Waals surface area contributed by atoms with Crippen molar-refractivity contribution < 1.29 is 0 Å². The third-order valence-electron chi connectivity index (χ3n) is 1.89. The molecular formula is C10H14Si. The van der Waals surface area contributed by atoms with Crippen LogP contribution >= 0.6 is 0 Å². The molecule has 58 valence electrons. The molecule has 0 bridgehead atoms. The molecule has 0 aliphatic carbocycles. The number of rotatable bonds is 3. The Morgan fingerprint density at radius 2 is 2.00 bits per heavy atom. The van der Waals surface area contributed by atoms with Crippen LogP contribution in [-0.2, 0) is 0 Å². The Labute approximate surface area is 70.8 Å². The molecule has 1 rings (SSSR count). The second-order valence-electron chi connectivity index (χ2n) is 2.84. The van der Waals surface area contributed by atoms with Crippen molar-refractivity contribution in [3.63, 3.8) is 0 Å². The molecular weight excluding hydrogens is 148 g/mol. The largest absolute Gasteiger partial charge is 0.108 e. The van der Waals surface area contributed by atoms with E-state index in [2.05, 4.69) is 49.5 Å². The summed E-state index contributed by atoms with van der Waals surface area (Å²) in [6, 6.07) is 10.7. The topological polar surface area (TPSA) is 0 Å². The summed E-state index contributed by atoms with van der Waals surface area (Å²) in [5.41, 5.74) is 4.31. The van der Waals surface area contributed by atoms with Crippen LogP contribution in [0.2, 0.25) is 0 Å². The van der Waals surface area contributed by atoms with Crippen LogP contribution in [0.4, 0.5) is 0 Å². The maximum absolute atomic E-state index is 3.79. The van der Waals surface area contributed by atoms with Crippen LogP contribution in [0.15, 0.2) is 42.6 Å². The fraction of sp³-hybridized carbons (Fsp3) is 0.200. The van der Waals surface area contributed by atoms with Crippen molar-refractivity contribution in [3.8, 4) is 0 Å². The number of hydrogen-bond donors (Lipinski definition) is 0. The summed E-state index contributed by atoms with van der Waals surface area (Å²) < 4.78 is 0. The van der Waals surface area contributed by atoms with Crippen LogP contribution in [0.25, 0.3) is 0 Å². The Hall–Kier alpha value is -0.823.